The predicted octanol–water partition coefficient (Wildman–Crippen LogP) is 2.24. The number of aromatic nitrogens is 2. The summed E-state index contributed by atoms with van der Waals surface area (Å²) in [7, 11) is 0. The van der Waals surface area contributed by atoms with Crippen LogP contribution in [0.1, 0.15) is 5.69 Å². The van der Waals surface area contributed by atoms with E-state index in [2.05, 4.69) is 22.1 Å². The average Bonchev–Trinajstić information content (AvgIpc) is 2.38. The van der Waals surface area contributed by atoms with Crippen LogP contribution < -0.4 is 5.73 Å². The van der Waals surface area contributed by atoms with Crippen molar-refractivity contribution < 1.29 is 0 Å². The van der Waals surface area contributed by atoms with Crippen LogP contribution in [0.5, 0.6) is 0 Å². The summed E-state index contributed by atoms with van der Waals surface area (Å²) in [5.74, 6) is 0. The third-order valence-electron chi connectivity index (χ3n) is 2.70. The molecule has 2 aromatic heterocycles. The van der Waals surface area contributed by atoms with Crippen LogP contribution in [0, 0.1) is 0 Å². The van der Waals surface area contributed by atoms with Crippen LogP contribution in [0.15, 0.2) is 42.6 Å². The molecule has 2 heterocycles. The van der Waals surface area contributed by atoms with Crippen molar-refractivity contribution in [2.45, 2.75) is 6.54 Å². The second-order valence-corrected chi connectivity index (χ2v) is 3.72. The van der Waals surface area contributed by atoms with Crippen LogP contribution in [0.25, 0.3) is 21.8 Å². The number of nitrogens with zero attached hydrogens (tertiary/aromatic N) is 2. The molecule has 3 heteroatoms. The Labute approximate surface area is 92.9 Å². The standard InChI is InChI=1S/C13H11N3/c14-8-11-6-5-10-4-3-9-2-1-7-15-12(9)13(10)16-11/h1-7H,8,14H2. The molecule has 0 fully saturated rings. The first-order valence-corrected chi connectivity index (χ1v) is 5.22. The quantitative estimate of drug-likeness (QED) is 0.625. The summed E-state index contributed by atoms with van der Waals surface area (Å²) in [5, 5.41) is 2.21. The van der Waals surface area contributed by atoms with E-state index in [-0.39, 0.29) is 0 Å². The zero-order valence-corrected chi connectivity index (χ0v) is 8.72. The minimum Gasteiger partial charge on any atom is -0.325 e. The molecule has 3 nitrogen and oxygen atoms in total. The first kappa shape index (κ1) is 9.24. The highest BCUT2D eigenvalue weighted by Gasteiger charge is 2.03. The second kappa shape index (κ2) is 3.54. The molecule has 0 bridgehead atoms. The van der Waals surface area contributed by atoms with E-state index in [4.69, 9.17) is 5.73 Å². The van der Waals surface area contributed by atoms with Crippen molar-refractivity contribution in [2.24, 2.45) is 5.73 Å². The topological polar surface area (TPSA) is 51.8 Å². The maximum absolute atomic E-state index is 5.60. The minimum absolute atomic E-state index is 0.458. The molecule has 0 spiro atoms. The highest BCUT2D eigenvalue weighted by molar-refractivity contribution is 6.02. The Morgan fingerprint density at radius 1 is 0.938 bits per heavy atom. The largest absolute Gasteiger partial charge is 0.325 e. The van der Waals surface area contributed by atoms with Crippen LogP contribution >= 0.6 is 0 Å². The van der Waals surface area contributed by atoms with Gasteiger partial charge in [0.05, 0.1) is 16.7 Å². The van der Waals surface area contributed by atoms with E-state index >= 15 is 0 Å². The van der Waals surface area contributed by atoms with Gasteiger partial charge in [0.15, 0.2) is 0 Å². The molecule has 0 aliphatic rings. The summed E-state index contributed by atoms with van der Waals surface area (Å²) >= 11 is 0. The van der Waals surface area contributed by atoms with E-state index in [1.54, 1.807) is 6.20 Å². The fraction of sp³-hybridized carbons (Fsp3) is 0.0769. The fourth-order valence-electron chi connectivity index (χ4n) is 1.88. The second-order valence-electron chi connectivity index (χ2n) is 3.72. The predicted molar refractivity (Wildman–Crippen MR) is 64.9 cm³/mol. The van der Waals surface area contributed by atoms with E-state index in [1.807, 2.05) is 24.3 Å². The summed E-state index contributed by atoms with van der Waals surface area (Å²) in [6, 6.07) is 12.1. The lowest BCUT2D eigenvalue weighted by Gasteiger charge is -2.03. The lowest BCUT2D eigenvalue weighted by Crippen LogP contribution is -1.99. The molecule has 0 saturated heterocycles. The molecule has 0 aliphatic carbocycles. The molecule has 0 amide bonds. The molecule has 0 saturated carbocycles. The van der Waals surface area contributed by atoms with Gasteiger partial charge in [-0.3, -0.25) is 4.98 Å². The van der Waals surface area contributed by atoms with E-state index in [1.165, 1.54) is 0 Å². The molecule has 78 valence electrons. The third-order valence-corrected chi connectivity index (χ3v) is 2.70. The van der Waals surface area contributed by atoms with E-state index in [9.17, 15) is 0 Å². The first-order chi connectivity index (χ1) is 7.88. The SMILES string of the molecule is NCc1ccc2ccc3cccnc3c2n1. The summed E-state index contributed by atoms with van der Waals surface area (Å²) in [6.45, 7) is 0.458. The van der Waals surface area contributed by atoms with Gasteiger partial charge in [0, 0.05) is 23.5 Å². The molecule has 0 radical (unpaired) electrons. The monoisotopic (exact) mass is 209 g/mol. The minimum atomic E-state index is 0.458. The molecular weight excluding hydrogens is 198 g/mol. The van der Waals surface area contributed by atoms with E-state index in [0.717, 1.165) is 27.5 Å². The van der Waals surface area contributed by atoms with Crippen molar-refractivity contribution in [1.29, 1.82) is 0 Å². The molecule has 16 heavy (non-hydrogen) atoms. The number of hydrogen-bond acceptors (Lipinski definition) is 3. The average molecular weight is 209 g/mol. The molecular formula is C13H11N3. The lowest BCUT2D eigenvalue weighted by atomic mass is 10.1. The Morgan fingerprint density at radius 2 is 1.69 bits per heavy atom. The molecule has 2 N–H and O–H groups in total. The van der Waals surface area contributed by atoms with Gasteiger partial charge in [-0.25, -0.2) is 4.98 Å². The maximum Gasteiger partial charge on any atom is 0.0968 e. The highest BCUT2D eigenvalue weighted by atomic mass is 14.8. The summed E-state index contributed by atoms with van der Waals surface area (Å²) in [5.41, 5.74) is 8.37. The zero-order valence-electron chi connectivity index (χ0n) is 8.72. The summed E-state index contributed by atoms with van der Waals surface area (Å²) < 4.78 is 0. The number of rotatable bonds is 1. The van der Waals surface area contributed by atoms with Crippen molar-refractivity contribution >= 4 is 21.8 Å². The normalized spacial score (nSPS) is 11.1. The zero-order chi connectivity index (χ0) is 11.0. The number of nitrogens with two attached hydrogens (primary N) is 1. The van der Waals surface area contributed by atoms with Crippen LogP contribution in [-0.2, 0) is 6.54 Å². The van der Waals surface area contributed by atoms with Crippen LogP contribution in [0.4, 0.5) is 0 Å². The van der Waals surface area contributed by atoms with Gasteiger partial charge >= 0.3 is 0 Å². The van der Waals surface area contributed by atoms with Gasteiger partial charge in [-0.1, -0.05) is 24.3 Å². The molecule has 3 aromatic rings. The molecule has 3 rings (SSSR count). The highest BCUT2D eigenvalue weighted by Crippen LogP contribution is 2.21. The third kappa shape index (κ3) is 1.33. The Kier molecular flexibility index (Phi) is 2.04. The van der Waals surface area contributed by atoms with Gasteiger partial charge in [0.2, 0.25) is 0 Å². The molecule has 0 aliphatic heterocycles. The first-order valence-electron chi connectivity index (χ1n) is 5.22. The van der Waals surface area contributed by atoms with Gasteiger partial charge in [0.25, 0.3) is 0 Å². The van der Waals surface area contributed by atoms with Crippen molar-refractivity contribution in [2.75, 3.05) is 0 Å². The Morgan fingerprint density at radius 3 is 2.50 bits per heavy atom. The van der Waals surface area contributed by atoms with Gasteiger partial charge in [-0.05, 0) is 12.1 Å². The van der Waals surface area contributed by atoms with Crippen molar-refractivity contribution in [3.8, 4) is 0 Å². The van der Waals surface area contributed by atoms with Crippen molar-refractivity contribution in [3.05, 3.63) is 48.3 Å². The Bertz CT molecular complexity index is 661. The number of fused-ring (bicyclic) bond motifs is 3. The molecule has 0 unspecified atom stereocenters. The molecule has 1 aromatic carbocycles. The number of pyridine rings is 2. The van der Waals surface area contributed by atoms with Crippen molar-refractivity contribution in [3.63, 3.8) is 0 Å². The van der Waals surface area contributed by atoms with Gasteiger partial charge in [-0.15, -0.1) is 0 Å². The van der Waals surface area contributed by atoms with Gasteiger partial charge in [-0.2, -0.15) is 0 Å². The Hall–Kier alpha value is -2.00. The van der Waals surface area contributed by atoms with Gasteiger partial charge < -0.3 is 5.73 Å². The fourth-order valence-corrected chi connectivity index (χ4v) is 1.88. The van der Waals surface area contributed by atoms with Crippen LogP contribution in [0.3, 0.4) is 0 Å². The lowest BCUT2D eigenvalue weighted by molar-refractivity contribution is 1.01. The van der Waals surface area contributed by atoms with Gasteiger partial charge in [0.1, 0.15) is 0 Å². The smallest absolute Gasteiger partial charge is 0.0968 e. The summed E-state index contributed by atoms with van der Waals surface area (Å²) in [4.78, 5) is 8.92. The van der Waals surface area contributed by atoms with Crippen LogP contribution in [0.2, 0.25) is 0 Å². The van der Waals surface area contributed by atoms with Crippen molar-refractivity contribution in [1.82, 2.24) is 9.97 Å². The van der Waals surface area contributed by atoms with E-state index in [0.29, 0.717) is 6.54 Å². The number of hydrogen-bond donors (Lipinski definition) is 1. The number of benzene rings is 1. The Balaban J connectivity index is 2.47. The van der Waals surface area contributed by atoms with E-state index < -0.39 is 0 Å². The molecule has 0 atom stereocenters. The summed E-state index contributed by atoms with van der Waals surface area (Å²) in [6.07, 6.45) is 1.79. The maximum atomic E-state index is 5.60. The van der Waals surface area contributed by atoms with Crippen LogP contribution in [-0.4, -0.2) is 9.97 Å².